The molecule has 0 bridgehead atoms. The molecule has 0 amide bonds. The average Bonchev–Trinajstić information content (AvgIpc) is 3.21. The summed E-state index contributed by atoms with van der Waals surface area (Å²) in [5, 5.41) is 20.2. The van der Waals surface area contributed by atoms with Gasteiger partial charge in [-0.3, -0.25) is 9.29 Å². The maximum atomic E-state index is 12.6. The molecule has 1 saturated carbocycles. The van der Waals surface area contributed by atoms with Crippen LogP contribution in [0.25, 0.3) is 5.57 Å². The lowest BCUT2D eigenvalue weighted by Crippen LogP contribution is -2.49. The van der Waals surface area contributed by atoms with Crippen LogP contribution in [0, 0.1) is 11.8 Å². The van der Waals surface area contributed by atoms with E-state index in [9.17, 15) is 14.6 Å². The molecular formula is C27H32FNO4. The first-order valence-electron chi connectivity index (χ1n) is 11.9. The summed E-state index contributed by atoms with van der Waals surface area (Å²) >= 11 is 0. The van der Waals surface area contributed by atoms with Crippen molar-refractivity contribution in [3.63, 3.8) is 0 Å². The van der Waals surface area contributed by atoms with Crippen LogP contribution in [0.5, 0.6) is 17.2 Å². The summed E-state index contributed by atoms with van der Waals surface area (Å²) in [5.41, 5.74) is 4.28. The van der Waals surface area contributed by atoms with Gasteiger partial charge in [0.05, 0.1) is 12.8 Å². The van der Waals surface area contributed by atoms with Crippen molar-refractivity contribution < 1.29 is 24.1 Å². The van der Waals surface area contributed by atoms with Crippen LogP contribution in [-0.4, -0.2) is 54.1 Å². The van der Waals surface area contributed by atoms with E-state index in [0.717, 1.165) is 67.1 Å². The van der Waals surface area contributed by atoms with Crippen molar-refractivity contribution in [2.24, 2.45) is 11.8 Å². The highest BCUT2D eigenvalue weighted by Gasteiger charge is 2.36. The van der Waals surface area contributed by atoms with Gasteiger partial charge in [0.1, 0.15) is 30.0 Å². The van der Waals surface area contributed by atoms with E-state index in [1.807, 2.05) is 30.3 Å². The number of fused-ring (bicyclic) bond motifs is 1. The molecule has 2 aliphatic heterocycles. The molecule has 6 heteroatoms. The minimum atomic E-state index is -0.274. The molecule has 2 aromatic rings. The first-order valence-corrected chi connectivity index (χ1v) is 11.9. The summed E-state index contributed by atoms with van der Waals surface area (Å²) in [6.45, 7) is 4.89. The third kappa shape index (κ3) is 4.59. The highest BCUT2D eigenvalue weighted by atomic mass is 19.1. The zero-order valence-corrected chi connectivity index (χ0v) is 19.0. The minimum Gasteiger partial charge on any atom is -0.508 e. The average molecular weight is 454 g/mol. The van der Waals surface area contributed by atoms with E-state index in [1.165, 1.54) is 5.57 Å². The van der Waals surface area contributed by atoms with Crippen molar-refractivity contribution in [1.29, 1.82) is 0 Å². The number of halogens is 1. The molecule has 2 fully saturated rings. The predicted molar refractivity (Wildman–Crippen MR) is 125 cm³/mol. The molecule has 1 aliphatic carbocycles. The summed E-state index contributed by atoms with van der Waals surface area (Å²) in [5.74, 6) is 2.24. The summed E-state index contributed by atoms with van der Waals surface area (Å²) in [6, 6.07) is 13.3. The molecule has 176 valence electrons. The van der Waals surface area contributed by atoms with Gasteiger partial charge >= 0.3 is 0 Å². The fourth-order valence-electron chi connectivity index (χ4n) is 5.45. The van der Waals surface area contributed by atoms with E-state index in [1.54, 1.807) is 12.1 Å². The number of aliphatic hydroxyl groups is 1. The minimum absolute atomic E-state index is 0.195. The van der Waals surface area contributed by atoms with Gasteiger partial charge in [0.2, 0.25) is 0 Å². The molecule has 2 N–H and O–H groups in total. The summed E-state index contributed by atoms with van der Waals surface area (Å²) < 4.78 is 24.9. The smallest absolute Gasteiger partial charge is 0.146 e. The van der Waals surface area contributed by atoms with Crippen LogP contribution in [0.1, 0.15) is 43.4 Å². The second-order valence-electron chi connectivity index (χ2n) is 9.62. The molecule has 2 aromatic carbocycles. The topological polar surface area (TPSA) is 62.2 Å². The van der Waals surface area contributed by atoms with Gasteiger partial charge in [-0.05, 0) is 79.1 Å². The monoisotopic (exact) mass is 453 g/mol. The highest BCUT2D eigenvalue weighted by Crippen LogP contribution is 2.49. The summed E-state index contributed by atoms with van der Waals surface area (Å²) in [7, 11) is 0. The number of nitrogens with zero attached hydrogens (tertiary/aromatic N) is 1. The Bertz CT molecular complexity index is 1020. The number of hydrogen-bond acceptors (Lipinski definition) is 5. The van der Waals surface area contributed by atoms with Crippen LogP contribution in [-0.2, 0) is 0 Å². The lowest BCUT2D eigenvalue weighted by atomic mass is 9.82. The van der Waals surface area contributed by atoms with Gasteiger partial charge in [-0.2, -0.15) is 0 Å². The van der Waals surface area contributed by atoms with Gasteiger partial charge in [-0.15, -0.1) is 0 Å². The Morgan fingerprint density at radius 1 is 1.12 bits per heavy atom. The van der Waals surface area contributed by atoms with Crippen molar-refractivity contribution in [2.75, 3.05) is 32.9 Å². The number of aliphatic hydroxyl groups excluding tert-OH is 1. The zero-order valence-electron chi connectivity index (χ0n) is 19.0. The van der Waals surface area contributed by atoms with Crippen LogP contribution < -0.4 is 9.47 Å². The van der Waals surface area contributed by atoms with Crippen LogP contribution in [0.15, 0.2) is 48.0 Å². The van der Waals surface area contributed by atoms with Gasteiger partial charge in [0, 0.05) is 31.1 Å². The molecular weight excluding hydrogens is 421 g/mol. The predicted octanol–water partition coefficient (Wildman–Crippen LogP) is 4.74. The number of phenolic OH excluding ortho intramolecular Hbond substituents is 1. The number of likely N-dealkylation sites (tertiary alicyclic amines) is 1. The molecule has 33 heavy (non-hydrogen) atoms. The number of rotatable bonds is 7. The quantitative estimate of drug-likeness (QED) is 0.634. The molecule has 0 spiro atoms. The second-order valence-corrected chi connectivity index (χ2v) is 9.62. The standard InChI is InChI=1S/C27H32FNO4/c1-17-24-13-22(31)6-9-25(24)33-27(26(17)20-2-5-21(30)12-20)19-3-7-23(8-4-19)32-11-10-29-15-18(14-28)16-29/h3-4,6-9,13,18,20-21,27,30-31H,2,5,10-12,14-16H2,1H3. The van der Waals surface area contributed by atoms with Gasteiger partial charge in [0.15, 0.2) is 0 Å². The molecule has 1 saturated heterocycles. The number of allylic oxidation sites excluding steroid dienone is 1. The van der Waals surface area contributed by atoms with Gasteiger partial charge in [0.25, 0.3) is 0 Å². The Balaban J connectivity index is 1.33. The molecule has 2 heterocycles. The molecule has 3 atom stereocenters. The summed E-state index contributed by atoms with van der Waals surface area (Å²) in [6.07, 6.45) is 1.97. The largest absolute Gasteiger partial charge is 0.508 e. The van der Waals surface area contributed by atoms with Crippen molar-refractivity contribution in [2.45, 2.75) is 38.4 Å². The number of alkyl halides is 1. The van der Waals surface area contributed by atoms with Gasteiger partial charge in [-0.1, -0.05) is 12.1 Å². The van der Waals surface area contributed by atoms with Crippen LogP contribution in [0.4, 0.5) is 4.39 Å². The maximum Gasteiger partial charge on any atom is 0.146 e. The molecule has 0 aromatic heterocycles. The fourth-order valence-corrected chi connectivity index (χ4v) is 5.45. The maximum absolute atomic E-state index is 12.6. The molecule has 3 aliphatic rings. The van der Waals surface area contributed by atoms with Crippen molar-refractivity contribution in [3.8, 4) is 17.2 Å². The first-order chi connectivity index (χ1) is 16.0. The SMILES string of the molecule is CC1=C(C2CCC(O)C2)C(c2ccc(OCCN3CC(CF)C3)cc2)Oc2ccc(O)cc21. The number of aromatic hydroxyl groups is 1. The Hall–Kier alpha value is -2.57. The van der Waals surface area contributed by atoms with E-state index in [4.69, 9.17) is 9.47 Å². The van der Waals surface area contributed by atoms with Crippen molar-refractivity contribution in [3.05, 3.63) is 59.2 Å². The Labute approximate surface area is 194 Å². The molecule has 0 radical (unpaired) electrons. The fraction of sp³-hybridized carbons (Fsp3) is 0.481. The van der Waals surface area contributed by atoms with Crippen LogP contribution >= 0.6 is 0 Å². The second kappa shape index (κ2) is 9.35. The molecule has 5 nitrogen and oxygen atoms in total. The van der Waals surface area contributed by atoms with Gasteiger partial charge in [-0.25, -0.2) is 0 Å². The highest BCUT2D eigenvalue weighted by molar-refractivity contribution is 5.76. The number of benzene rings is 2. The van der Waals surface area contributed by atoms with E-state index in [-0.39, 0.29) is 36.5 Å². The number of hydrogen-bond donors (Lipinski definition) is 2. The Morgan fingerprint density at radius 3 is 2.61 bits per heavy atom. The Kier molecular flexibility index (Phi) is 6.30. The third-order valence-electron chi connectivity index (χ3n) is 7.28. The lowest BCUT2D eigenvalue weighted by molar-refractivity contribution is 0.0668. The Morgan fingerprint density at radius 2 is 1.91 bits per heavy atom. The zero-order chi connectivity index (χ0) is 22.9. The lowest BCUT2D eigenvalue weighted by Gasteiger charge is -2.37. The van der Waals surface area contributed by atoms with E-state index in [0.29, 0.717) is 6.61 Å². The van der Waals surface area contributed by atoms with Crippen LogP contribution in [0.2, 0.25) is 0 Å². The number of phenols is 1. The van der Waals surface area contributed by atoms with Crippen molar-refractivity contribution in [1.82, 2.24) is 4.90 Å². The normalized spacial score (nSPS) is 25.5. The van der Waals surface area contributed by atoms with E-state index < -0.39 is 0 Å². The van der Waals surface area contributed by atoms with Gasteiger partial charge < -0.3 is 19.7 Å². The van der Waals surface area contributed by atoms with E-state index in [2.05, 4.69) is 11.8 Å². The number of ether oxygens (including phenoxy) is 2. The van der Waals surface area contributed by atoms with Crippen LogP contribution in [0.3, 0.4) is 0 Å². The summed E-state index contributed by atoms with van der Waals surface area (Å²) in [4.78, 5) is 2.21. The first kappa shape index (κ1) is 22.2. The van der Waals surface area contributed by atoms with E-state index >= 15 is 0 Å². The molecule has 3 unspecified atom stereocenters. The molecule has 5 rings (SSSR count). The third-order valence-corrected chi connectivity index (χ3v) is 7.28. The van der Waals surface area contributed by atoms with Crippen molar-refractivity contribution >= 4 is 5.57 Å².